The van der Waals surface area contributed by atoms with Crippen LogP contribution in [-0.4, -0.2) is 14.3 Å². The number of hydrogen-bond acceptors (Lipinski definition) is 4. The lowest BCUT2D eigenvalue weighted by molar-refractivity contribution is -0.116. The van der Waals surface area contributed by atoms with Gasteiger partial charge in [-0.05, 0) is 54.3 Å². The summed E-state index contributed by atoms with van der Waals surface area (Å²) in [5.41, 5.74) is 2.68. The molecule has 1 amide bonds. The van der Waals surface area contributed by atoms with Gasteiger partial charge in [0.25, 0.3) is 0 Å². The molecule has 0 saturated carbocycles. The van der Waals surface area contributed by atoms with Crippen LogP contribution < -0.4 is 9.50 Å². The van der Waals surface area contributed by atoms with Crippen LogP contribution in [0, 0.1) is 0 Å². The predicted molar refractivity (Wildman–Crippen MR) is 91.6 cm³/mol. The van der Waals surface area contributed by atoms with Gasteiger partial charge in [-0.15, -0.1) is 0 Å². The molecule has 6 heteroatoms. The Kier molecular flexibility index (Phi) is 4.57. The van der Waals surface area contributed by atoms with Gasteiger partial charge >= 0.3 is 10.1 Å². The van der Waals surface area contributed by atoms with Gasteiger partial charge < -0.3 is 9.50 Å². The smallest absolute Gasteiger partial charge is 0.339 e. The number of rotatable bonds is 5. The average Bonchev–Trinajstić information content (AvgIpc) is 2.55. The highest BCUT2D eigenvalue weighted by Crippen LogP contribution is 2.28. The summed E-state index contributed by atoms with van der Waals surface area (Å²) in [5.74, 6) is 0.221. The monoisotopic (exact) mass is 345 g/mol. The van der Waals surface area contributed by atoms with Crippen molar-refractivity contribution in [3.63, 3.8) is 0 Å². The SMILES string of the molecule is CCCc1ccc(S(=O)(=O)Oc2ccc3c(c2)CCC(=O)N3)cc1. The van der Waals surface area contributed by atoms with Crippen molar-refractivity contribution >= 4 is 21.7 Å². The topological polar surface area (TPSA) is 72.5 Å². The third-order valence-electron chi connectivity index (χ3n) is 3.93. The molecule has 0 bridgehead atoms. The Morgan fingerprint density at radius 3 is 2.54 bits per heavy atom. The van der Waals surface area contributed by atoms with Crippen LogP contribution in [-0.2, 0) is 27.8 Å². The van der Waals surface area contributed by atoms with Crippen LogP contribution >= 0.6 is 0 Å². The van der Waals surface area contributed by atoms with Crippen molar-refractivity contribution in [3.05, 3.63) is 53.6 Å². The molecule has 126 valence electrons. The third-order valence-corrected chi connectivity index (χ3v) is 5.19. The van der Waals surface area contributed by atoms with E-state index in [1.54, 1.807) is 30.3 Å². The van der Waals surface area contributed by atoms with Gasteiger partial charge in [0.1, 0.15) is 10.6 Å². The minimum Gasteiger partial charge on any atom is -0.379 e. The van der Waals surface area contributed by atoms with Crippen molar-refractivity contribution in [1.82, 2.24) is 0 Å². The number of nitrogens with one attached hydrogen (secondary N) is 1. The standard InChI is InChI=1S/C18H19NO4S/c1-2-3-13-4-8-16(9-5-13)24(21,22)23-15-7-10-17-14(12-15)6-11-18(20)19-17/h4-5,7-10,12H,2-3,6,11H2,1H3,(H,19,20). The van der Waals surface area contributed by atoms with Gasteiger partial charge in [-0.2, -0.15) is 8.42 Å². The average molecular weight is 345 g/mol. The van der Waals surface area contributed by atoms with E-state index < -0.39 is 10.1 Å². The maximum Gasteiger partial charge on any atom is 0.339 e. The minimum absolute atomic E-state index is 0.0315. The molecule has 0 saturated heterocycles. The van der Waals surface area contributed by atoms with Crippen LogP contribution in [0.3, 0.4) is 0 Å². The maximum atomic E-state index is 12.4. The number of carbonyl (C=O) groups is 1. The Bertz CT molecular complexity index is 857. The molecule has 1 aliphatic rings. The molecule has 0 fully saturated rings. The molecule has 0 aromatic heterocycles. The van der Waals surface area contributed by atoms with Crippen molar-refractivity contribution in [3.8, 4) is 5.75 Å². The Balaban J connectivity index is 1.80. The second-order valence-electron chi connectivity index (χ2n) is 5.80. The molecule has 0 atom stereocenters. The maximum absolute atomic E-state index is 12.4. The number of benzene rings is 2. The fourth-order valence-electron chi connectivity index (χ4n) is 2.70. The highest BCUT2D eigenvalue weighted by atomic mass is 32.2. The Morgan fingerprint density at radius 1 is 1.08 bits per heavy atom. The van der Waals surface area contributed by atoms with Crippen LogP contribution in [0.4, 0.5) is 5.69 Å². The van der Waals surface area contributed by atoms with Crippen LogP contribution in [0.2, 0.25) is 0 Å². The largest absolute Gasteiger partial charge is 0.379 e. The summed E-state index contributed by atoms with van der Waals surface area (Å²) < 4.78 is 30.0. The van der Waals surface area contributed by atoms with Gasteiger partial charge in [0.15, 0.2) is 0 Å². The van der Waals surface area contributed by atoms with Gasteiger partial charge in [-0.1, -0.05) is 25.5 Å². The van der Waals surface area contributed by atoms with E-state index in [0.717, 1.165) is 24.0 Å². The van der Waals surface area contributed by atoms with Crippen molar-refractivity contribution in [2.45, 2.75) is 37.5 Å². The normalized spacial score (nSPS) is 14.0. The van der Waals surface area contributed by atoms with E-state index in [1.165, 1.54) is 0 Å². The fraction of sp³-hybridized carbons (Fsp3) is 0.278. The lowest BCUT2D eigenvalue weighted by atomic mass is 10.0. The summed E-state index contributed by atoms with van der Waals surface area (Å²) in [6.45, 7) is 2.08. The first kappa shape index (κ1) is 16.5. The summed E-state index contributed by atoms with van der Waals surface area (Å²) in [7, 11) is -3.87. The molecular formula is C18H19NO4S. The first-order valence-electron chi connectivity index (χ1n) is 7.94. The van der Waals surface area contributed by atoms with E-state index in [0.29, 0.717) is 18.5 Å². The Morgan fingerprint density at radius 2 is 1.83 bits per heavy atom. The molecule has 1 N–H and O–H groups in total. The number of fused-ring (bicyclic) bond motifs is 1. The zero-order chi connectivity index (χ0) is 17.2. The minimum atomic E-state index is -3.87. The molecule has 2 aromatic carbocycles. The summed E-state index contributed by atoms with van der Waals surface area (Å²) >= 11 is 0. The highest BCUT2D eigenvalue weighted by molar-refractivity contribution is 7.87. The van der Waals surface area contributed by atoms with Crippen molar-refractivity contribution in [2.75, 3.05) is 5.32 Å². The summed E-state index contributed by atoms with van der Waals surface area (Å²) in [4.78, 5) is 11.5. The van der Waals surface area contributed by atoms with Gasteiger partial charge in [-0.25, -0.2) is 0 Å². The van der Waals surface area contributed by atoms with Crippen molar-refractivity contribution in [1.29, 1.82) is 0 Å². The van der Waals surface area contributed by atoms with Crippen molar-refractivity contribution in [2.24, 2.45) is 0 Å². The molecule has 3 rings (SSSR count). The summed E-state index contributed by atoms with van der Waals surface area (Å²) in [5, 5.41) is 2.76. The van der Waals surface area contributed by atoms with E-state index in [-0.39, 0.29) is 16.6 Å². The lowest BCUT2D eigenvalue weighted by Crippen LogP contribution is -2.19. The molecular weight excluding hydrogens is 326 g/mol. The molecule has 0 aliphatic carbocycles. The molecule has 0 radical (unpaired) electrons. The first-order chi connectivity index (χ1) is 11.5. The van der Waals surface area contributed by atoms with Crippen LogP contribution in [0.1, 0.15) is 30.9 Å². The Hall–Kier alpha value is -2.34. The summed E-state index contributed by atoms with van der Waals surface area (Å²) in [6, 6.07) is 11.6. The van der Waals surface area contributed by atoms with E-state index >= 15 is 0 Å². The zero-order valence-electron chi connectivity index (χ0n) is 13.4. The number of carbonyl (C=O) groups excluding carboxylic acids is 1. The first-order valence-corrected chi connectivity index (χ1v) is 9.35. The second kappa shape index (κ2) is 6.65. The molecule has 1 heterocycles. The number of amides is 1. The van der Waals surface area contributed by atoms with Gasteiger partial charge in [-0.3, -0.25) is 4.79 Å². The number of hydrogen-bond donors (Lipinski definition) is 1. The molecule has 1 aliphatic heterocycles. The van der Waals surface area contributed by atoms with E-state index in [1.807, 2.05) is 12.1 Å². The molecule has 5 nitrogen and oxygen atoms in total. The van der Waals surface area contributed by atoms with Crippen molar-refractivity contribution < 1.29 is 17.4 Å². The van der Waals surface area contributed by atoms with E-state index in [9.17, 15) is 13.2 Å². The second-order valence-corrected chi connectivity index (χ2v) is 7.34. The lowest BCUT2D eigenvalue weighted by Gasteiger charge is -2.17. The molecule has 2 aromatic rings. The van der Waals surface area contributed by atoms with Gasteiger partial charge in [0, 0.05) is 12.1 Å². The van der Waals surface area contributed by atoms with E-state index in [2.05, 4.69) is 12.2 Å². The highest BCUT2D eigenvalue weighted by Gasteiger charge is 2.19. The number of aryl methyl sites for hydroxylation is 2. The summed E-state index contributed by atoms with van der Waals surface area (Å²) in [6.07, 6.45) is 2.89. The molecule has 0 spiro atoms. The Labute approximate surface area is 141 Å². The third kappa shape index (κ3) is 3.59. The predicted octanol–water partition coefficient (Wildman–Crippen LogP) is 3.29. The molecule has 24 heavy (non-hydrogen) atoms. The number of anilines is 1. The van der Waals surface area contributed by atoms with Crippen LogP contribution in [0.5, 0.6) is 5.75 Å². The van der Waals surface area contributed by atoms with Crippen LogP contribution in [0.25, 0.3) is 0 Å². The van der Waals surface area contributed by atoms with Gasteiger partial charge in [0.05, 0.1) is 0 Å². The quantitative estimate of drug-likeness (QED) is 0.844. The van der Waals surface area contributed by atoms with Crippen LogP contribution in [0.15, 0.2) is 47.4 Å². The van der Waals surface area contributed by atoms with E-state index in [4.69, 9.17) is 4.18 Å². The fourth-order valence-corrected chi connectivity index (χ4v) is 3.62. The zero-order valence-corrected chi connectivity index (χ0v) is 14.2. The molecule has 0 unspecified atom stereocenters. The van der Waals surface area contributed by atoms with Gasteiger partial charge in [0.2, 0.25) is 5.91 Å².